The largest absolute Gasteiger partial charge is 0.357 e. The van der Waals surface area contributed by atoms with Crippen LogP contribution in [0.5, 0.6) is 0 Å². The molecule has 3 nitrogen and oxygen atoms in total. The Kier molecular flexibility index (Phi) is 6.85. The van der Waals surface area contributed by atoms with Gasteiger partial charge >= 0.3 is 0 Å². The molecular formula is C16H29N3. The van der Waals surface area contributed by atoms with Crippen LogP contribution in [0.2, 0.25) is 0 Å². The van der Waals surface area contributed by atoms with Gasteiger partial charge in [-0.2, -0.15) is 0 Å². The van der Waals surface area contributed by atoms with Gasteiger partial charge in [0.2, 0.25) is 0 Å². The van der Waals surface area contributed by atoms with Crippen LogP contribution in [0, 0.1) is 5.92 Å². The first-order chi connectivity index (χ1) is 9.12. The summed E-state index contributed by atoms with van der Waals surface area (Å²) in [5.74, 6) is 1.80. The molecule has 0 radical (unpaired) electrons. The maximum absolute atomic E-state index is 4.63. The smallest absolute Gasteiger partial charge is 0.128 e. The van der Waals surface area contributed by atoms with Gasteiger partial charge in [0.1, 0.15) is 5.82 Å². The summed E-state index contributed by atoms with van der Waals surface area (Å²) in [4.78, 5) is 6.98. The van der Waals surface area contributed by atoms with Crippen LogP contribution in [0.15, 0.2) is 18.3 Å². The molecule has 1 rings (SSSR count). The van der Waals surface area contributed by atoms with Gasteiger partial charge in [-0.05, 0) is 37.9 Å². The monoisotopic (exact) mass is 263 g/mol. The summed E-state index contributed by atoms with van der Waals surface area (Å²) < 4.78 is 0. The molecule has 0 aliphatic heterocycles. The minimum Gasteiger partial charge on any atom is -0.357 e. The van der Waals surface area contributed by atoms with E-state index >= 15 is 0 Å². The van der Waals surface area contributed by atoms with Crippen LogP contribution < -0.4 is 10.2 Å². The number of pyridine rings is 1. The molecule has 0 saturated carbocycles. The highest BCUT2D eigenvalue weighted by molar-refractivity contribution is 5.39. The lowest BCUT2D eigenvalue weighted by Crippen LogP contribution is -2.29. The van der Waals surface area contributed by atoms with Gasteiger partial charge in [-0.3, -0.25) is 0 Å². The van der Waals surface area contributed by atoms with E-state index in [1.807, 2.05) is 6.20 Å². The zero-order valence-electron chi connectivity index (χ0n) is 13.1. The Morgan fingerprint density at radius 1 is 1.21 bits per heavy atom. The lowest BCUT2D eigenvalue weighted by molar-refractivity contribution is 0.545. The zero-order chi connectivity index (χ0) is 14.3. The molecular weight excluding hydrogens is 234 g/mol. The second-order valence-corrected chi connectivity index (χ2v) is 5.28. The molecule has 3 heteroatoms. The fourth-order valence-electron chi connectivity index (χ4n) is 2.15. The fraction of sp³-hybridized carbons (Fsp3) is 0.688. The van der Waals surface area contributed by atoms with Crippen molar-refractivity contribution in [3.8, 4) is 0 Å². The van der Waals surface area contributed by atoms with Crippen LogP contribution >= 0.6 is 0 Å². The number of anilines is 1. The van der Waals surface area contributed by atoms with Crippen LogP contribution in [-0.4, -0.2) is 24.6 Å². The van der Waals surface area contributed by atoms with Crippen molar-refractivity contribution in [2.45, 2.75) is 47.1 Å². The van der Waals surface area contributed by atoms with Crippen molar-refractivity contribution in [2.75, 3.05) is 24.5 Å². The van der Waals surface area contributed by atoms with Gasteiger partial charge in [-0.25, -0.2) is 4.98 Å². The van der Waals surface area contributed by atoms with Crippen LogP contribution in [0.1, 0.15) is 52.6 Å². The maximum atomic E-state index is 4.63. The lowest BCUT2D eigenvalue weighted by atomic mass is 10.1. The van der Waals surface area contributed by atoms with Crippen LogP contribution in [0.4, 0.5) is 5.82 Å². The molecule has 1 N–H and O–H groups in total. The first-order valence-electron chi connectivity index (χ1n) is 7.56. The lowest BCUT2D eigenvalue weighted by Gasteiger charge is -2.25. The molecule has 0 aliphatic carbocycles. The maximum Gasteiger partial charge on any atom is 0.128 e. The molecule has 0 aliphatic rings. The molecule has 108 valence electrons. The highest BCUT2D eigenvalue weighted by atomic mass is 15.2. The molecule has 1 aromatic rings. The highest BCUT2D eigenvalue weighted by Crippen LogP contribution is 2.17. The average Bonchev–Trinajstić information content (AvgIpc) is 2.45. The molecule has 0 aromatic carbocycles. The van der Waals surface area contributed by atoms with Crippen molar-refractivity contribution in [2.24, 2.45) is 5.92 Å². The van der Waals surface area contributed by atoms with E-state index in [1.54, 1.807) is 0 Å². The Bertz CT molecular complexity index is 348. The van der Waals surface area contributed by atoms with Crippen molar-refractivity contribution in [3.63, 3.8) is 0 Å². The summed E-state index contributed by atoms with van der Waals surface area (Å²) in [6.07, 6.45) is 3.22. The summed E-state index contributed by atoms with van der Waals surface area (Å²) in [7, 11) is 0. The predicted octanol–water partition coefficient (Wildman–Crippen LogP) is 3.62. The van der Waals surface area contributed by atoms with E-state index < -0.39 is 0 Å². The summed E-state index contributed by atoms with van der Waals surface area (Å²) in [6.45, 7) is 14.1. The summed E-state index contributed by atoms with van der Waals surface area (Å²) in [6, 6.07) is 4.71. The van der Waals surface area contributed by atoms with Crippen molar-refractivity contribution in [1.82, 2.24) is 10.3 Å². The minimum atomic E-state index is 0.371. The fourth-order valence-corrected chi connectivity index (χ4v) is 2.15. The number of nitrogens with zero attached hydrogens (tertiary/aromatic N) is 2. The topological polar surface area (TPSA) is 28.2 Å². The molecule has 2 unspecified atom stereocenters. The van der Waals surface area contributed by atoms with Gasteiger partial charge in [0.15, 0.2) is 0 Å². The molecule has 2 atom stereocenters. The van der Waals surface area contributed by atoms with Crippen molar-refractivity contribution >= 4 is 5.82 Å². The van der Waals surface area contributed by atoms with Gasteiger partial charge < -0.3 is 10.2 Å². The molecule has 1 heterocycles. The summed E-state index contributed by atoms with van der Waals surface area (Å²) >= 11 is 0. The summed E-state index contributed by atoms with van der Waals surface area (Å²) in [5, 5.41) is 3.41. The van der Waals surface area contributed by atoms with Gasteiger partial charge in [-0.1, -0.05) is 33.3 Å². The SMILES string of the molecule is CCNC(C)c1ccc(N(CC)CC(C)CC)nc1. The quantitative estimate of drug-likeness (QED) is 0.776. The van der Waals surface area contributed by atoms with Crippen molar-refractivity contribution in [1.29, 1.82) is 0 Å². The molecule has 0 saturated heterocycles. The average molecular weight is 263 g/mol. The van der Waals surface area contributed by atoms with Crippen molar-refractivity contribution in [3.05, 3.63) is 23.9 Å². The Balaban J connectivity index is 2.72. The van der Waals surface area contributed by atoms with E-state index in [4.69, 9.17) is 0 Å². The molecule has 0 amide bonds. The predicted molar refractivity (Wildman–Crippen MR) is 83.7 cm³/mol. The normalized spacial score (nSPS) is 14.2. The number of rotatable bonds is 8. The molecule has 0 spiro atoms. The van der Waals surface area contributed by atoms with Crippen LogP contribution in [0.3, 0.4) is 0 Å². The third kappa shape index (κ3) is 4.83. The third-order valence-corrected chi connectivity index (χ3v) is 3.72. The van der Waals surface area contributed by atoms with Gasteiger partial charge in [0.05, 0.1) is 0 Å². The molecule has 0 bridgehead atoms. The number of nitrogens with one attached hydrogen (secondary N) is 1. The van der Waals surface area contributed by atoms with E-state index in [0.29, 0.717) is 12.0 Å². The van der Waals surface area contributed by atoms with E-state index in [1.165, 1.54) is 12.0 Å². The number of hydrogen-bond donors (Lipinski definition) is 1. The van der Waals surface area contributed by atoms with E-state index in [9.17, 15) is 0 Å². The van der Waals surface area contributed by atoms with Crippen LogP contribution in [0.25, 0.3) is 0 Å². The second-order valence-electron chi connectivity index (χ2n) is 5.28. The third-order valence-electron chi connectivity index (χ3n) is 3.72. The summed E-state index contributed by atoms with van der Waals surface area (Å²) in [5.41, 5.74) is 1.25. The highest BCUT2D eigenvalue weighted by Gasteiger charge is 2.10. The molecule has 0 fully saturated rings. The minimum absolute atomic E-state index is 0.371. The Morgan fingerprint density at radius 3 is 2.42 bits per heavy atom. The van der Waals surface area contributed by atoms with Crippen LogP contribution in [-0.2, 0) is 0 Å². The number of hydrogen-bond acceptors (Lipinski definition) is 3. The molecule has 1 aromatic heterocycles. The first-order valence-corrected chi connectivity index (χ1v) is 7.56. The Labute approximate surface area is 118 Å². The Hall–Kier alpha value is -1.09. The zero-order valence-corrected chi connectivity index (χ0v) is 13.1. The van der Waals surface area contributed by atoms with Gasteiger partial charge in [0.25, 0.3) is 0 Å². The number of aromatic nitrogens is 1. The van der Waals surface area contributed by atoms with E-state index in [0.717, 1.165) is 25.5 Å². The van der Waals surface area contributed by atoms with E-state index in [2.05, 4.69) is 62.0 Å². The standard InChI is InChI=1S/C16H29N3/c1-6-13(4)12-19(8-3)16-10-9-15(11-18-16)14(5)17-7-2/h9-11,13-14,17H,6-8,12H2,1-5H3. The van der Waals surface area contributed by atoms with E-state index in [-0.39, 0.29) is 0 Å². The molecule has 19 heavy (non-hydrogen) atoms. The Morgan fingerprint density at radius 2 is 1.95 bits per heavy atom. The first kappa shape index (κ1) is 16.0. The van der Waals surface area contributed by atoms with Gasteiger partial charge in [0, 0.05) is 25.3 Å². The van der Waals surface area contributed by atoms with Gasteiger partial charge in [-0.15, -0.1) is 0 Å². The second kappa shape index (κ2) is 8.16. The van der Waals surface area contributed by atoms with Crippen molar-refractivity contribution < 1.29 is 0 Å².